The van der Waals surface area contributed by atoms with Crippen molar-refractivity contribution in [3.63, 3.8) is 0 Å². The Morgan fingerprint density at radius 2 is 1.96 bits per heavy atom. The van der Waals surface area contributed by atoms with Gasteiger partial charge in [-0.3, -0.25) is 9.69 Å². The molecule has 1 amide bonds. The molecule has 2 aromatic rings. The van der Waals surface area contributed by atoms with Crippen LogP contribution in [0.1, 0.15) is 31.1 Å². The zero-order valence-corrected chi connectivity index (χ0v) is 16.0. The quantitative estimate of drug-likeness (QED) is 0.731. The molecule has 7 heteroatoms. The first-order chi connectivity index (χ1) is 12.6. The van der Waals surface area contributed by atoms with E-state index in [9.17, 15) is 4.79 Å². The molecule has 0 spiro atoms. The second kappa shape index (κ2) is 9.42. The average molecular weight is 396 g/mol. The summed E-state index contributed by atoms with van der Waals surface area (Å²) < 4.78 is 5.62. The predicted octanol–water partition coefficient (Wildman–Crippen LogP) is 4.34. The minimum atomic E-state index is -0.161. The van der Waals surface area contributed by atoms with Crippen LogP contribution in [0, 0.1) is 0 Å². The normalized spacial score (nSPS) is 16.4. The summed E-state index contributed by atoms with van der Waals surface area (Å²) in [5.41, 5.74) is 0.518. The summed E-state index contributed by atoms with van der Waals surface area (Å²) in [6.45, 7) is 2.94. The Labute approximate surface area is 163 Å². The van der Waals surface area contributed by atoms with Crippen LogP contribution in [-0.2, 0) is 4.79 Å². The van der Waals surface area contributed by atoms with E-state index in [1.54, 1.807) is 24.5 Å². The topological polar surface area (TPSA) is 57.5 Å². The highest BCUT2D eigenvalue weighted by Crippen LogP contribution is 2.29. The molecular weight excluding hydrogens is 373 g/mol. The molecule has 0 aliphatic carbocycles. The molecule has 26 heavy (non-hydrogen) atoms. The van der Waals surface area contributed by atoms with Crippen LogP contribution in [0.2, 0.25) is 10.0 Å². The van der Waals surface area contributed by atoms with Gasteiger partial charge in [0.05, 0.1) is 34.6 Å². The molecule has 0 radical (unpaired) electrons. The zero-order chi connectivity index (χ0) is 18.4. The number of halogens is 2. The number of piperidine rings is 1. The zero-order valence-electron chi connectivity index (χ0n) is 14.5. The standard InChI is InChI=1S/C19H23Cl2N3O2/c20-14-6-4-7-15(19(14)21)23-18(25)13-22-12-16(17-8-5-11-26-17)24-9-2-1-3-10-24/h4-8,11,16,22H,1-3,9-10,12-13H2,(H,23,25)/t16-/m1/s1. The molecule has 1 aliphatic heterocycles. The van der Waals surface area contributed by atoms with E-state index in [1.165, 1.54) is 19.3 Å². The number of carbonyl (C=O) groups excluding carboxylic acids is 1. The van der Waals surface area contributed by atoms with E-state index in [1.807, 2.05) is 12.1 Å². The highest BCUT2D eigenvalue weighted by molar-refractivity contribution is 6.43. The largest absolute Gasteiger partial charge is 0.468 e. The third-order valence-electron chi connectivity index (χ3n) is 4.55. The Hall–Kier alpha value is -1.53. The van der Waals surface area contributed by atoms with E-state index in [4.69, 9.17) is 27.6 Å². The maximum atomic E-state index is 12.2. The van der Waals surface area contributed by atoms with E-state index in [-0.39, 0.29) is 18.5 Å². The maximum absolute atomic E-state index is 12.2. The highest BCUT2D eigenvalue weighted by atomic mass is 35.5. The molecule has 0 unspecified atom stereocenters. The van der Waals surface area contributed by atoms with Crippen LogP contribution in [0.15, 0.2) is 41.0 Å². The van der Waals surface area contributed by atoms with Crippen molar-refractivity contribution in [3.05, 3.63) is 52.4 Å². The van der Waals surface area contributed by atoms with E-state index < -0.39 is 0 Å². The van der Waals surface area contributed by atoms with Gasteiger partial charge in [0.2, 0.25) is 5.91 Å². The van der Waals surface area contributed by atoms with Gasteiger partial charge in [-0.15, -0.1) is 0 Å². The highest BCUT2D eigenvalue weighted by Gasteiger charge is 2.24. The fraction of sp³-hybridized carbons (Fsp3) is 0.421. The minimum absolute atomic E-state index is 0.132. The van der Waals surface area contributed by atoms with Crippen molar-refractivity contribution >= 4 is 34.8 Å². The molecular formula is C19H23Cl2N3O2. The van der Waals surface area contributed by atoms with Crippen molar-refractivity contribution in [1.82, 2.24) is 10.2 Å². The van der Waals surface area contributed by atoms with Crippen molar-refractivity contribution in [3.8, 4) is 0 Å². The summed E-state index contributed by atoms with van der Waals surface area (Å²) in [5.74, 6) is 0.767. The van der Waals surface area contributed by atoms with Crippen LogP contribution >= 0.6 is 23.2 Å². The molecule has 2 N–H and O–H groups in total. The van der Waals surface area contributed by atoms with Crippen molar-refractivity contribution in [2.45, 2.75) is 25.3 Å². The molecule has 3 rings (SSSR count). The number of nitrogens with zero attached hydrogens (tertiary/aromatic N) is 1. The lowest BCUT2D eigenvalue weighted by atomic mass is 10.1. The molecule has 2 heterocycles. The molecule has 1 saturated heterocycles. The lowest BCUT2D eigenvalue weighted by molar-refractivity contribution is -0.115. The third kappa shape index (κ3) is 5.01. The minimum Gasteiger partial charge on any atom is -0.468 e. The lowest BCUT2D eigenvalue weighted by Gasteiger charge is -2.33. The molecule has 0 bridgehead atoms. The van der Waals surface area contributed by atoms with Gasteiger partial charge in [0.15, 0.2) is 0 Å². The Balaban J connectivity index is 1.54. The van der Waals surface area contributed by atoms with Gasteiger partial charge in [0, 0.05) is 6.54 Å². The van der Waals surface area contributed by atoms with Crippen molar-refractivity contribution in [1.29, 1.82) is 0 Å². The number of likely N-dealkylation sites (tertiary alicyclic amines) is 1. The first kappa shape index (κ1) is 19.2. The van der Waals surface area contributed by atoms with Crippen molar-refractivity contribution < 1.29 is 9.21 Å². The fourth-order valence-electron chi connectivity index (χ4n) is 3.24. The molecule has 1 aliphatic rings. The summed E-state index contributed by atoms with van der Waals surface area (Å²) in [6.07, 6.45) is 5.37. The first-order valence-corrected chi connectivity index (χ1v) is 9.63. The van der Waals surface area contributed by atoms with Gasteiger partial charge in [-0.1, -0.05) is 35.7 Å². The van der Waals surface area contributed by atoms with Crippen molar-refractivity contribution in [2.24, 2.45) is 0 Å². The summed E-state index contributed by atoms with van der Waals surface area (Å²) in [4.78, 5) is 14.6. The molecule has 5 nitrogen and oxygen atoms in total. The average Bonchev–Trinajstić information content (AvgIpc) is 3.18. The van der Waals surface area contributed by atoms with Crippen LogP contribution in [0.3, 0.4) is 0 Å². The monoisotopic (exact) mass is 395 g/mol. The number of hydrogen-bond donors (Lipinski definition) is 2. The van der Waals surface area contributed by atoms with E-state index in [2.05, 4.69) is 15.5 Å². The Morgan fingerprint density at radius 1 is 1.15 bits per heavy atom. The summed E-state index contributed by atoms with van der Waals surface area (Å²) in [7, 11) is 0. The number of rotatable bonds is 7. The van der Waals surface area contributed by atoms with Gasteiger partial charge in [0.25, 0.3) is 0 Å². The van der Waals surface area contributed by atoms with E-state index in [0.29, 0.717) is 22.3 Å². The van der Waals surface area contributed by atoms with Crippen LogP contribution in [0.25, 0.3) is 0 Å². The number of nitrogens with one attached hydrogen (secondary N) is 2. The third-order valence-corrected chi connectivity index (χ3v) is 5.37. The van der Waals surface area contributed by atoms with Crippen molar-refractivity contribution in [2.75, 3.05) is 31.5 Å². The molecule has 0 saturated carbocycles. The number of hydrogen-bond acceptors (Lipinski definition) is 4. The lowest BCUT2D eigenvalue weighted by Crippen LogP contribution is -2.40. The summed E-state index contributed by atoms with van der Waals surface area (Å²) >= 11 is 12.1. The van der Waals surface area contributed by atoms with Crippen LogP contribution in [0.4, 0.5) is 5.69 Å². The van der Waals surface area contributed by atoms with Gasteiger partial charge < -0.3 is 15.1 Å². The Bertz CT molecular complexity index is 716. The summed E-state index contributed by atoms with van der Waals surface area (Å²) in [5, 5.41) is 6.79. The van der Waals surface area contributed by atoms with Gasteiger partial charge in [0.1, 0.15) is 5.76 Å². The van der Waals surface area contributed by atoms with Crippen LogP contribution < -0.4 is 10.6 Å². The maximum Gasteiger partial charge on any atom is 0.238 e. The number of amides is 1. The van der Waals surface area contributed by atoms with Gasteiger partial charge >= 0.3 is 0 Å². The molecule has 1 aromatic carbocycles. The van der Waals surface area contributed by atoms with Crippen LogP contribution in [-0.4, -0.2) is 37.0 Å². The molecule has 140 valence electrons. The van der Waals surface area contributed by atoms with Crippen LogP contribution in [0.5, 0.6) is 0 Å². The first-order valence-electron chi connectivity index (χ1n) is 8.87. The van der Waals surface area contributed by atoms with Gasteiger partial charge in [-0.2, -0.15) is 0 Å². The second-order valence-corrected chi connectivity index (χ2v) is 7.19. The fourth-order valence-corrected chi connectivity index (χ4v) is 3.59. The van der Waals surface area contributed by atoms with Gasteiger partial charge in [-0.05, 0) is 50.2 Å². The second-order valence-electron chi connectivity index (χ2n) is 6.41. The number of carbonyl (C=O) groups is 1. The molecule has 1 aromatic heterocycles. The smallest absolute Gasteiger partial charge is 0.238 e. The van der Waals surface area contributed by atoms with E-state index >= 15 is 0 Å². The molecule has 1 fully saturated rings. The van der Waals surface area contributed by atoms with Gasteiger partial charge in [-0.25, -0.2) is 0 Å². The predicted molar refractivity (Wildman–Crippen MR) is 105 cm³/mol. The number of benzene rings is 1. The SMILES string of the molecule is O=C(CNC[C@H](c1ccco1)N1CCCCC1)Nc1cccc(Cl)c1Cl. The molecule has 1 atom stereocenters. The number of furan rings is 1. The van der Waals surface area contributed by atoms with E-state index in [0.717, 1.165) is 18.8 Å². The Morgan fingerprint density at radius 3 is 2.69 bits per heavy atom. The number of anilines is 1. The Kier molecular flexibility index (Phi) is 6.97. The summed E-state index contributed by atoms with van der Waals surface area (Å²) in [6, 6.07) is 9.19.